The number of nitrogens with two attached hydrogens (primary N) is 3. The lowest BCUT2D eigenvalue weighted by Gasteiger charge is -2.29. The van der Waals surface area contributed by atoms with Crippen LogP contribution in [0.15, 0.2) is 79.6 Å². The van der Waals surface area contributed by atoms with E-state index in [9.17, 15) is 72.9 Å². The van der Waals surface area contributed by atoms with Gasteiger partial charge in [0.25, 0.3) is 0 Å². The molecule has 0 bridgehead atoms. The second-order valence-electron chi connectivity index (χ2n) is 23.8. The highest BCUT2D eigenvalue weighted by molar-refractivity contribution is 5.99. The van der Waals surface area contributed by atoms with Crippen molar-refractivity contribution in [3.8, 4) is 5.75 Å². The number of aromatic amines is 2. The largest absolute Gasteiger partial charge is 0.508 e. The maximum Gasteiger partial charge on any atom is 0.326 e. The first-order valence-electron chi connectivity index (χ1n) is 30.7. The summed E-state index contributed by atoms with van der Waals surface area (Å²) in [5.41, 5.74) is 19.4. The first kappa shape index (κ1) is 75.7. The summed E-state index contributed by atoms with van der Waals surface area (Å²) in [5, 5.41) is 52.6. The molecule has 0 unspecified atom stereocenters. The van der Waals surface area contributed by atoms with Gasteiger partial charge in [-0.05, 0) is 92.5 Å². The average Bonchev–Trinajstić information content (AvgIpc) is 1.73. The second kappa shape index (κ2) is 38.2. The van der Waals surface area contributed by atoms with E-state index in [1.807, 2.05) is 0 Å². The van der Waals surface area contributed by atoms with Gasteiger partial charge in [-0.3, -0.25) is 52.7 Å². The third-order valence-corrected chi connectivity index (χ3v) is 14.9. The summed E-state index contributed by atoms with van der Waals surface area (Å²) in [6.07, 6.45) is 3.48. The summed E-state index contributed by atoms with van der Waals surface area (Å²) in [6, 6.07) is 0.289. The minimum atomic E-state index is -1.62. The fourth-order valence-corrected chi connectivity index (χ4v) is 9.70. The minimum Gasteiger partial charge on any atom is -0.508 e. The van der Waals surface area contributed by atoms with Crippen LogP contribution in [0.3, 0.4) is 0 Å². The first-order chi connectivity index (χ1) is 44.0. The number of carboxylic acids is 2. The number of unbranched alkanes of at least 4 members (excludes halogenated alkanes) is 1. The maximum atomic E-state index is 14.7. The van der Waals surface area contributed by atoms with Crippen LogP contribution in [0.5, 0.6) is 5.75 Å². The highest BCUT2D eigenvalue weighted by Gasteiger charge is 2.37. The number of imidazole rings is 2. The molecule has 20 N–H and O–H groups in total. The first-order valence-corrected chi connectivity index (χ1v) is 30.7. The van der Waals surface area contributed by atoms with Crippen LogP contribution in [0.25, 0.3) is 0 Å². The lowest BCUT2D eigenvalue weighted by Crippen LogP contribution is -2.61. The standard InChI is InChI=1S/C62H90N16O15/c1-33(2)24-45(59(89)78-52(35(5)6)61(91)76-48(62(92)93)26-36-12-8-7-9-13-36)73-54(84)42(14-10-11-23-63)71-55(85)43(19-21-49(65)80)72-57(87)46(27-38-29-66-31-68-38)74-58(88)47(28-39-30-67-32-69-39)75-60(90)51(34(3)4)77-56(86)44(20-22-50(81)82)70-53(83)41(64)25-37-15-17-40(79)18-16-37/h7-9,12-13,15-18,29-35,41-48,51-52,79H,10-11,14,19-28,63-64H2,1-6H3,(H2,65,80)(H,66,68)(H,67,69)(H,70,83)(H,71,85)(H,72,87)(H,73,84)(H,74,88)(H,75,90)(H,76,91)(H,77,86)(H,78,89)(H,81,82)(H,92,93)/t41-,42-,43-,44-,45-,46-,47-,48-,51-,52-/m0/s1. The Hall–Kier alpha value is -9.78. The molecular weight excluding hydrogens is 1210 g/mol. The molecule has 0 fully saturated rings. The molecule has 0 spiro atoms. The number of benzene rings is 2. The van der Waals surface area contributed by atoms with Crippen LogP contribution in [0.2, 0.25) is 0 Å². The van der Waals surface area contributed by atoms with Gasteiger partial charge in [-0.25, -0.2) is 14.8 Å². The third kappa shape index (κ3) is 26.5. The molecule has 93 heavy (non-hydrogen) atoms. The monoisotopic (exact) mass is 1300 g/mol. The number of rotatable bonds is 41. The summed E-state index contributed by atoms with van der Waals surface area (Å²) in [4.78, 5) is 178. The summed E-state index contributed by atoms with van der Waals surface area (Å²) in [5.74, 6) is -13.0. The van der Waals surface area contributed by atoms with E-state index in [4.69, 9.17) is 17.2 Å². The van der Waals surface area contributed by atoms with E-state index in [-0.39, 0.29) is 63.2 Å². The summed E-state index contributed by atoms with van der Waals surface area (Å²) >= 11 is 0. The van der Waals surface area contributed by atoms with Gasteiger partial charge < -0.3 is 90.3 Å². The number of aliphatic carboxylic acids is 2. The molecule has 0 aliphatic rings. The molecule has 2 aromatic heterocycles. The summed E-state index contributed by atoms with van der Waals surface area (Å²) in [7, 11) is 0. The van der Waals surface area contributed by atoms with E-state index < -0.39 is 169 Å². The Morgan fingerprint density at radius 3 is 1.34 bits per heavy atom. The van der Waals surface area contributed by atoms with Gasteiger partial charge in [0.2, 0.25) is 59.1 Å². The van der Waals surface area contributed by atoms with Crippen molar-refractivity contribution in [1.82, 2.24) is 67.8 Å². The van der Waals surface area contributed by atoms with Gasteiger partial charge in [0, 0.05) is 55.9 Å². The molecule has 10 atom stereocenters. The van der Waals surface area contributed by atoms with Gasteiger partial charge in [0.05, 0.1) is 18.7 Å². The van der Waals surface area contributed by atoms with Crippen LogP contribution >= 0.6 is 0 Å². The van der Waals surface area contributed by atoms with Gasteiger partial charge in [-0.15, -0.1) is 0 Å². The Labute approximate surface area is 538 Å². The molecule has 4 rings (SSSR count). The van der Waals surface area contributed by atoms with Crippen LogP contribution in [0.4, 0.5) is 0 Å². The van der Waals surface area contributed by atoms with E-state index in [1.165, 1.54) is 37.2 Å². The predicted molar refractivity (Wildman–Crippen MR) is 337 cm³/mol. The molecule has 0 aliphatic carbocycles. The van der Waals surface area contributed by atoms with Crippen LogP contribution in [-0.2, 0) is 83.2 Å². The molecule has 0 saturated heterocycles. The minimum absolute atomic E-state index is 0.0177. The SMILES string of the molecule is CC(C)C[C@H](NC(=O)[C@H](CCCCN)NC(=O)[C@H](CCC(N)=O)NC(=O)[C@H](Cc1cnc[nH]1)NC(=O)[C@H](Cc1cnc[nH]1)NC(=O)[C@@H](NC(=O)[C@H](CCC(=O)O)NC(=O)[C@@H](N)Cc1ccc(O)cc1)C(C)C)C(=O)N[C@H](C(=O)N[C@@H](Cc1ccccc1)C(=O)O)C(C)C. The number of nitrogens with zero attached hydrogens (tertiary/aromatic N) is 2. The van der Waals surface area contributed by atoms with Crippen molar-refractivity contribution in [3.05, 3.63) is 102 Å². The van der Waals surface area contributed by atoms with E-state index in [1.54, 1.807) is 84.0 Å². The number of phenols is 1. The smallest absolute Gasteiger partial charge is 0.326 e. The third-order valence-electron chi connectivity index (χ3n) is 14.9. The van der Waals surface area contributed by atoms with Crippen molar-refractivity contribution >= 4 is 71.0 Å². The summed E-state index contributed by atoms with van der Waals surface area (Å²) < 4.78 is 0. The van der Waals surface area contributed by atoms with E-state index in [0.29, 0.717) is 28.9 Å². The van der Waals surface area contributed by atoms with Crippen LogP contribution in [0.1, 0.15) is 115 Å². The van der Waals surface area contributed by atoms with Crippen molar-refractivity contribution in [2.24, 2.45) is 35.0 Å². The molecule has 2 heterocycles. The van der Waals surface area contributed by atoms with Crippen molar-refractivity contribution in [2.75, 3.05) is 6.54 Å². The average molecular weight is 1300 g/mol. The Kier molecular flexibility index (Phi) is 31.1. The number of H-pyrrole nitrogens is 2. The normalized spacial score (nSPS) is 14.5. The van der Waals surface area contributed by atoms with Gasteiger partial charge >= 0.3 is 11.9 Å². The Morgan fingerprint density at radius 2 is 0.892 bits per heavy atom. The van der Waals surface area contributed by atoms with E-state index in [0.717, 1.165) is 0 Å². The maximum absolute atomic E-state index is 14.7. The summed E-state index contributed by atoms with van der Waals surface area (Å²) in [6.45, 7) is 10.2. The number of aromatic nitrogens is 4. The van der Waals surface area contributed by atoms with Gasteiger partial charge in [0.15, 0.2) is 0 Å². The molecule has 2 aromatic carbocycles. The number of phenolic OH excluding ortho intramolecular Hbond substituents is 1. The molecule has 10 amide bonds. The van der Waals surface area contributed by atoms with Crippen molar-refractivity contribution in [2.45, 2.75) is 179 Å². The van der Waals surface area contributed by atoms with Crippen LogP contribution < -0.4 is 65.1 Å². The zero-order chi connectivity index (χ0) is 68.9. The second-order valence-corrected chi connectivity index (χ2v) is 23.8. The zero-order valence-electron chi connectivity index (χ0n) is 53.1. The quantitative estimate of drug-likeness (QED) is 0.0225. The van der Waals surface area contributed by atoms with Crippen molar-refractivity contribution in [1.29, 1.82) is 0 Å². The van der Waals surface area contributed by atoms with Crippen molar-refractivity contribution in [3.63, 3.8) is 0 Å². The molecule has 31 nitrogen and oxygen atoms in total. The Bertz CT molecular complexity index is 3110. The number of primary amides is 1. The fraction of sp³-hybridized carbons (Fsp3) is 0.516. The predicted octanol–water partition coefficient (Wildman–Crippen LogP) is -1.50. The zero-order valence-corrected chi connectivity index (χ0v) is 53.1. The van der Waals surface area contributed by atoms with Crippen LogP contribution in [0, 0.1) is 17.8 Å². The highest BCUT2D eigenvalue weighted by atomic mass is 16.4. The lowest BCUT2D eigenvalue weighted by molar-refractivity contribution is -0.142. The number of aromatic hydroxyl groups is 1. The molecule has 0 aliphatic heterocycles. The van der Waals surface area contributed by atoms with E-state index >= 15 is 0 Å². The molecule has 31 heteroatoms. The van der Waals surface area contributed by atoms with Gasteiger partial charge in [-0.1, -0.05) is 84.0 Å². The van der Waals surface area contributed by atoms with Gasteiger partial charge in [0.1, 0.15) is 60.1 Å². The van der Waals surface area contributed by atoms with E-state index in [2.05, 4.69) is 67.8 Å². The van der Waals surface area contributed by atoms with Crippen LogP contribution in [-0.4, -0.2) is 173 Å². The number of hydrogen-bond donors (Lipinski definition) is 17. The number of carbonyl (C=O) groups excluding carboxylic acids is 10. The molecule has 4 aromatic rings. The lowest BCUT2D eigenvalue weighted by atomic mass is 9.98. The molecule has 0 saturated carbocycles. The number of hydrogen-bond acceptors (Lipinski definition) is 17. The number of carbonyl (C=O) groups is 12. The number of amides is 10. The molecular formula is C62H90N16O15. The Balaban J connectivity index is 1.59. The number of carboxylic acid groups (broad SMARTS) is 2. The fourth-order valence-electron chi connectivity index (χ4n) is 9.70. The van der Waals surface area contributed by atoms with Crippen molar-refractivity contribution < 1.29 is 72.9 Å². The Morgan fingerprint density at radius 1 is 0.473 bits per heavy atom. The van der Waals surface area contributed by atoms with Gasteiger partial charge in [-0.2, -0.15) is 0 Å². The molecule has 508 valence electrons. The topological polar surface area (TPSA) is 509 Å². The molecule has 0 radical (unpaired) electrons. The highest BCUT2D eigenvalue weighted by Crippen LogP contribution is 2.16. The number of nitrogens with one attached hydrogen (secondary N) is 11.